The first kappa shape index (κ1) is 16.4. The van der Waals surface area contributed by atoms with Gasteiger partial charge in [-0.3, -0.25) is 9.59 Å². The second kappa shape index (κ2) is 7.22. The zero-order valence-corrected chi connectivity index (χ0v) is 12.9. The van der Waals surface area contributed by atoms with Crippen molar-refractivity contribution >= 4 is 11.8 Å². The molecule has 1 rings (SSSR count). The molecular weight excluding hydrogens is 252 g/mol. The summed E-state index contributed by atoms with van der Waals surface area (Å²) in [5, 5.41) is 0. The molecule has 0 heterocycles. The smallest absolute Gasteiger partial charge is 0.302 e. The monoisotopic (exact) mass is 276 g/mol. The quantitative estimate of drug-likeness (QED) is 0.570. The Labute approximate surface area is 121 Å². The highest BCUT2D eigenvalue weighted by molar-refractivity contribution is 6.03. The fraction of sp³-hybridized carbons (Fsp3) is 0.529. The zero-order valence-electron chi connectivity index (χ0n) is 12.9. The lowest BCUT2D eigenvalue weighted by Crippen LogP contribution is -2.08. The number of ether oxygens (including phenoxy) is 1. The molecule has 1 aliphatic rings. The Bertz CT molecular complexity index is 465. The van der Waals surface area contributed by atoms with Gasteiger partial charge in [0.05, 0.1) is 0 Å². The summed E-state index contributed by atoms with van der Waals surface area (Å²) in [5.74, 6) is -0.192. The minimum absolute atomic E-state index is 0.0708. The minimum Gasteiger partial charge on any atom is -0.461 e. The van der Waals surface area contributed by atoms with Crippen LogP contribution in [0.1, 0.15) is 47.0 Å². The van der Waals surface area contributed by atoms with Gasteiger partial charge in [-0.1, -0.05) is 32.1 Å². The number of carbonyl (C=O) groups excluding carboxylic acids is 2. The summed E-state index contributed by atoms with van der Waals surface area (Å²) < 4.78 is 5.08. The van der Waals surface area contributed by atoms with Gasteiger partial charge in [0.2, 0.25) is 0 Å². The van der Waals surface area contributed by atoms with E-state index in [1.54, 1.807) is 6.08 Å². The summed E-state index contributed by atoms with van der Waals surface area (Å²) in [6, 6.07) is 0. The maximum absolute atomic E-state index is 11.9. The van der Waals surface area contributed by atoms with Gasteiger partial charge in [-0.25, -0.2) is 0 Å². The second-order valence-electron chi connectivity index (χ2n) is 5.96. The fourth-order valence-electron chi connectivity index (χ4n) is 1.91. The van der Waals surface area contributed by atoms with Crippen LogP contribution in [0.2, 0.25) is 0 Å². The van der Waals surface area contributed by atoms with Crippen molar-refractivity contribution in [1.82, 2.24) is 0 Å². The van der Waals surface area contributed by atoms with E-state index < -0.39 is 0 Å². The molecule has 0 aromatic rings. The highest BCUT2D eigenvalue weighted by Crippen LogP contribution is 2.25. The molecule has 3 nitrogen and oxygen atoms in total. The fourth-order valence-corrected chi connectivity index (χ4v) is 1.91. The van der Waals surface area contributed by atoms with Crippen LogP contribution in [0, 0.1) is 5.41 Å². The van der Waals surface area contributed by atoms with Gasteiger partial charge in [0.1, 0.15) is 6.61 Å². The predicted molar refractivity (Wildman–Crippen MR) is 80.3 cm³/mol. The van der Waals surface area contributed by atoms with Crippen LogP contribution in [0.25, 0.3) is 0 Å². The van der Waals surface area contributed by atoms with E-state index in [2.05, 4.69) is 19.9 Å². The maximum Gasteiger partial charge on any atom is 0.302 e. The van der Waals surface area contributed by atoms with Crippen LogP contribution in [0.5, 0.6) is 0 Å². The normalized spacial score (nSPS) is 26.5. The maximum atomic E-state index is 11.9. The number of hydrogen-bond acceptors (Lipinski definition) is 3. The molecule has 0 atom stereocenters. The third-order valence-corrected chi connectivity index (χ3v) is 3.37. The molecule has 0 saturated carbocycles. The highest BCUT2D eigenvalue weighted by Gasteiger charge is 2.14. The van der Waals surface area contributed by atoms with Crippen molar-refractivity contribution in [2.45, 2.75) is 47.0 Å². The van der Waals surface area contributed by atoms with Crippen molar-refractivity contribution in [1.29, 1.82) is 0 Å². The summed E-state index contributed by atoms with van der Waals surface area (Å²) in [6.07, 6.45) is 10.1. The zero-order chi connectivity index (χ0) is 15.2. The van der Waals surface area contributed by atoms with Crippen LogP contribution >= 0.6 is 0 Å². The van der Waals surface area contributed by atoms with E-state index in [1.165, 1.54) is 6.92 Å². The van der Waals surface area contributed by atoms with E-state index in [-0.39, 0.29) is 17.2 Å². The summed E-state index contributed by atoms with van der Waals surface area (Å²) in [6.45, 7) is 7.78. The van der Waals surface area contributed by atoms with E-state index >= 15 is 0 Å². The molecule has 0 bridgehead atoms. The standard InChI is InChI=1S/C17H24O3/c1-13-6-5-7-15(12-20-14(2)18)8-10-17(3,4)11-9-16(13)19/h6,8-9,11H,5,7,10,12H2,1-4H3/b11-9+,13-6+,15-8-. The molecule has 0 amide bonds. The largest absolute Gasteiger partial charge is 0.461 e. The van der Waals surface area contributed by atoms with Gasteiger partial charge >= 0.3 is 5.97 Å². The van der Waals surface area contributed by atoms with Gasteiger partial charge in [-0.15, -0.1) is 0 Å². The van der Waals surface area contributed by atoms with Crippen molar-refractivity contribution in [2.75, 3.05) is 6.61 Å². The molecule has 0 fully saturated rings. The summed E-state index contributed by atoms with van der Waals surface area (Å²) in [4.78, 5) is 22.8. The van der Waals surface area contributed by atoms with Gasteiger partial charge in [-0.05, 0) is 48.8 Å². The third kappa shape index (κ3) is 6.00. The van der Waals surface area contributed by atoms with Crippen LogP contribution in [0.3, 0.4) is 0 Å². The predicted octanol–water partition coefficient (Wildman–Crippen LogP) is 3.76. The Morgan fingerprint density at radius 3 is 2.70 bits per heavy atom. The molecule has 20 heavy (non-hydrogen) atoms. The lowest BCUT2D eigenvalue weighted by Gasteiger charge is -2.18. The molecule has 0 aliphatic heterocycles. The van der Waals surface area contributed by atoms with Gasteiger partial charge < -0.3 is 4.74 Å². The number of carbonyl (C=O) groups is 2. The van der Waals surface area contributed by atoms with Crippen LogP contribution in [0.4, 0.5) is 0 Å². The van der Waals surface area contributed by atoms with Crippen molar-refractivity contribution in [2.24, 2.45) is 5.41 Å². The van der Waals surface area contributed by atoms with E-state index in [0.717, 1.165) is 30.4 Å². The topological polar surface area (TPSA) is 43.4 Å². The van der Waals surface area contributed by atoms with Crippen LogP contribution in [-0.2, 0) is 14.3 Å². The van der Waals surface area contributed by atoms with Gasteiger partial charge in [0.25, 0.3) is 0 Å². The number of allylic oxidation sites excluding steroid dienone is 5. The Morgan fingerprint density at radius 2 is 2.05 bits per heavy atom. The lowest BCUT2D eigenvalue weighted by atomic mass is 9.87. The second-order valence-corrected chi connectivity index (χ2v) is 5.96. The molecule has 0 saturated heterocycles. The third-order valence-electron chi connectivity index (χ3n) is 3.37. The number of rotatable bonds is 2. The summed E-state index contributed by atoms with van der Waals surface area (Å²) in [5.41, 5.74) is 1.80. The first-order valence-electron chi connectivity index (χ1n) is 7.02. The minimum atomic E-state index is -0.263. The molecule has 0 N–H and O–H groups in total. The average Bonchev–Trinajstić information content (AvgIpc) is 2.39. The average molecular weight is 276 g/mol. The van der Waals surface area contributed by atoms with Crippen molar-refractivity contribution in [3.05, 3.63) is 35.5 Å². The van der Waals surface area contributed by atoms with E-state index in [4.69, 9.17) is 4.74 Å². The SMILES string of the molecule is CC(=O)OC/C1=C\CC(C)(C)/C=C/C(=O)/C(C)=C/CC1. The summed E-state index contributed by atoms with van der Waals surface area (Å²) >= 11 is 0. The molecule has 0 aromatic carbocycles. The summed E-state index contributed by atoms with van der Waals surface area (Å²) in [7, 11) is 0. The Morgan fingerprint density at radius 1 is 1.35 bits per heavy atom. The van der Waals surface area contributed by atoms with Crippen molar-refractivity contribution < 1.29 is 14.3 Å². The number of esters is 1. The molecule has 0 radical (unpaired) electrons. The van der Waals surface area contributed by atoms with E-state index in [9.17, 15) is 9.59 Å². The van der Waals surface area contributed by atoms with Gasteiger partial charge in [0, 0.05) is 6.92 Å². The Hall–Kier alpha value is -1.64. The number of ketones is 1. The lowest BCUT2D eigenvalue weighted by molar-refractivity contribution is -0.140. The van der Waals surface area contributed by atoms with Crippen LogP contribution in [0.15, 0.2) is 35.5 Å². The molecule has 3 heteroatoms. The van der Waals surface area contributed by atoms with Crippen LogP contribution < -0.4 is 0 Å². The first-order chi connectivity index (χ1) is 9.30. The van der Waals surface area contributed by atoms with Crippen LogP contribution in [-0.4, -0.2) is 18.4 Å². The molecule has 0 aromatic heterocycles. The first-order valence-corrected chi connectivity index (χ1v) is 7.02. The van der Waals surface area contributed by atoms with E-state index in [1.807, 2.05) is 19.1 Å². The molecule has 0 unspecified atom stereocenters. The Kier molecular flexibility index (Phi) is 5.93. The van der Waals surface area contributed by atoms with E-state index in [0.29, 0.717) is 6.61 Å². The van der Waals surface area contributed by atoms with Crippen molar-refractivity contribution in [3.63, 3.8) is 0 Å². The van der Waals surface area contributed by atoms with Gasteiger partial charge in [0.15, 0.2) is 5.78 Å². The Balaban J connectivity index is 2.90. The number of hydrogen-bond donors (Lipinski definition) is 0. The molecule has 0 spiro atoms. The molecular formula is C17H24O3. The molecule has 1 aliphatic carbocycles. The van der Waals surface area contributed by atoms with Crippen molar-refractivity contribution in [3.8, 4) is 0 Å². The highest BCUT2D eigenvalue weighted by atomic mass is 16.5. The molecule has 110 valence electrons. The van der Waals surface area contributed by atoms with Gasteiger partial charge in [-0.2, -0.15) is 0 Å².